The molecule has 0 saturated carbocycles. The molecular formula is C29H34ClN3O6S. The summed E-state index contributed by atoms with van der Waals surface area (Å²) >= 11 is 6.20. The highest BCUT2D eigenvalue weighted by Gasteiger charge is 2.32. The van der Waals surface area contributed by atoms with Crippen LogP contribution in [0.4, 0.5) is 5.69 Å². The Morgan fingerprint density at radius 1 is 0.900 bits per heavy atom. The van der Waals surface area contributed by atoms with E-state index in [2.05, 4.69) is 5.32 Å². The van der Waals surface area contributed by atoms with Crippen LogP contribution < -0.4 is 19.1 Å². The topological polar surface area (TPSA) is 105 Å². The van der Waals surface area contributed by atoms with Gasteiger partial charge in [-0.1, -0.05) is 29.8 Å². The highest BCUT2D eigenvalue weighted by Crippen LogP contribution is 2.28. The Hall–Kier alpha value is -3.76. The molecule has 2 amide bonds. The lowest BCUT2D eigenvalue weighted by Crippen LogP contribution is -2.52. The molecular weight excluding hydrogens is 554 g/mol. The van der Waals surface area contributed by atoms with Gasteiger partial charge in [0.1, 0.15) is 24.1 Å². The molecule has 9 nitrogen and oxygen atoms in total. The van der Waals surface area contributed by atoms with Gasteiger partial charge in [-0.25, -0.2) is 8.42 Å². The van der Waals surface area contributed by atoms with E-state index in [1.807, 2.05) is 13.8 Å². The molecule has 1 unspecified atom stereocenters. The van der Waals surface area contributed by atoms with Crippen molar-refractivity contribution in [1.29, 1.82) is 0 Å². The first-order valence-electron chi connectivity index (χ1n) is 12.6. The van der Waals surface area contributed by atoms with Crippen LogP contribution in [0.5, 0.6) is 11.5 Å². The van der Waals surface area contributed by atoms with Crippen LogP contribution in [-0.4, -0.2) is 58.0 Å². The second kappa shape index (κ2) is 13.5. The maximum Gasteiger partial charge on any atom is 0.264 e. The predicted molar refractivity (Wildman–Crippen MR) is 155 cm³/mol. The number of methoxy groups -OCH3 is 2. The van der Waals surface area contributed by atoms with Gasteiger partial charge in [0.05, 0.1) is 24.8 Å². The molecule has 1 atom stereocenters. The molecule has 11 heteroatoms. The molecule has 3 aromatic rings. The number of nitrogens with one attached hydrogen (secondary N) is 1. The zero-order valence-electron chi connectivity index (χ0n) is 23.1. The number of sulfonamides is 1. The Morgan fingerprint density at radius 3 is 2.00 bits per heavy atom. The SMILES string of the molecule is COc1ccc(CN(C(=O)CN(c2cccc(Cl)c2)S(=O)(=O)c2ccc(OC)cc2)C(C)C(=O)NC(C)C)cc1. The highest BCUT2D eigenvalue weighted by molar-refractivity contribution is 7.92. The molecule has 3 aromatic carbocycles. The van der Waals surface area contributed by atoms with Crippen LogP contribution in [-0.2, 0) is 26.2 Å². The Kier molecular flexibility index (Phi) is 10.4. The number of anilines is 1. The Bertz CT molecular complexity index is 1410. The summed E-state index contributed by atoms with van der Waals surface area (Å²) in [6.45, 7) is 4.76. The van der Waals surface area contributed by atoms with E-state index >= 15 is 0 Å². The molecule has 0 aliphatic heterocycles. The molecule has 0 fully saturated rings. The molecule has 3 rings (SSSR count). The van der Waals surface area contributed by atoms with Crippen LogP contribution in [0.15, 0.2) is 77.7 Å². The van der Waals surface area contributed by atoms with E-state index in [9.17, 15) is 18.0 Å². The average molecular weight is 588 g/mol. The number of hydrogen-bond donors (Lipinski definition) is 1. The first-order chi connectivity index (χ1) is 19.0. The van der Waals surface area contributed by atoms with Gasteiger partial charge in [-0.05, 0) is 80.9 Å². The van der Waals surface area contributed by atoms with E-state index in [0.29, 0.717) is 16.5 Å². The van der Waals surface area contributed by atoms with Crippen molar-refractivity contribution in [2.75, 3.05) is 25.1 Å². The van der Waals surface area contributed by atoms with Crippen molar-refractivity contribution in [1.82, 2.24) is 10.2 Å². The van der Waals surface area contributed by atoms with Crippen LogP contribution in [0.1, 0.15) is 26.3 Å². The van der Waals surface area contributed by atoms with Gasteiger partial charge in [0.2, 0.25) is 11.8 Å². The fourth-order valence-electron chi connectivity index (χ4n) is 3.95. The molecule has 0 spiro atoms. The van der Waals surface area contributed by atoms with Crippen molar-refractivity contribution in [2.24, 2.45) is 0 Å². The van der Waals surface area contributed by atoms with Crippen LogP contribution in [0.3, 0.4) is 0 Å². The quantitative estimate of drug-likeness (QED) is 0.335. The van der Waals surface area contributed by atoms with Crippen molar-refractivity contribution in [2.45, 2.75) is 44.3 Å². The monoisotopic (exact) mass is 587 g/mol. The van der Waals surface area contributed by atoms with E-state index in [1.165, 1.54) is 42.3 Å². The molecule has 1 N–H and O–H groups in total. The lowest BCUT2D eigenvalue weighted by Gasteiger charge is -2.32. The predicted octanol–water partition coefficient (Wildman–Crippen LogP) is 4.49. The number of benzene rings is 3. The van der Waals surface area contributed by atoms with Crippen LogP contribution in [0.2, 0.25) is 5.02 Å². The number of nitrogens with zero attached hydrogens (tertiary/aromatic N) is 2. The van der Waals surface area contributed by atoms with Gasteiger partial charge in [-0.3, -0.25) is 13.9 Å². The van der Waals surface area contributed by atoms with Crippen molar-refractivity contribution in [3.63, 3.8) is 0 Å². The van der Waals surface area contributed by atoms with E-state index in [-0.39, 0.29) is 29.1 Å². The summed E-state index contributed by atoms with van der Waals surface area (Å²) < 4.78 is 39.1. The van der Waals surface area contributed by atoms with E-state index in [0.717, 1.165) is 9.87 Å². The third-order valence-electron chi connectivity index (χ3n) is 6.13. The molecule has 0 saturated heterocycles. The number of amides is 2. The minimum atomic E-state index is -4.22. The fourth-order valence-corrected chi connectivity index (χ4v) is 5.54. The second-order valence-electron chi connectivity index (χ2n) is 9.38. The van der Waals surface area contributed by atoms with E-state index < -0.39 is 28.5 Å². The normalized spacial score (nSPS) is 12.0. The highest BCUT2D eigenvalue weighted by atomic mass is 35.5. The Labute approximate surface area is 240 Å². The summed E-state index contributed by atoms with van der Waals surface area (Å²) in [6, 6.07) is 18.2. The molecule has 0 radical (unpaired) electrons. The number of hydrogen-bond acceptors (Lipinski definition) is 6. The van der Waals surface area contributed by atoms with Crippen molar-refractivity contribution >= 4 is 39.1 Å². The first kappa shape index (κ1) is 30.8. The molecule has 214 valence electrons. The third-order valence-corrected chi connectivity index (χ3v) is 8.16. The zero-order chi connectivity index (χ0) is 29.4. The summed E-state index contributed by atoms with van der Waals surface area (Å²) in [5.41, 5.74) is 0.950. The van der Waals surface area contributed by atoms with Gasteiger partial charge in [0, 0.05) is 17.6 Å². The maximum atomic E-state index is 13.9. The maximum absolute atomic E-state index is 13.9. The molecule has 0 aliphatic carbocycles. The van der Waals surface area contributed by atoms with Gasteiger partial charge >= 0.3 is 0 Å². The van der Waals surface area contributed by atoms with Gasteiger partial charge in [-0.15, -0.1) is 0 Å². The van der Waals surface area contributed by atoms with Gasteiger partial charge in [0.15, 0.2) is 0 Å². The Balaban J connectivity index is 2.02. The number of rotatable bonds is 12. The fraction of sp³-hybridized carbons (Fsp3) is 0.310. The van der Waals surface area contributed by atoms with Gasteiger partial charge in [0.25, 0.3) is 10.0 Å². The average Bonchev–Trinajstić information content (AvgIpc) is 2.94. The summed E-state index contributed by atoms with van der Waals surface area (Å²) in [5.74, 6) is 0.202. The van der Waals surface area contributed by atoms with Crippen molar-refractivity contribution < 1.29 is 27.5 Å². The largest absolute Gasteiger partial charge is 0.497 e. The molecule has 40 heavy (non-hydrogen) atoms. The summed E-state index contributed by atoms with van der Waals surface area (Å²) in [7, 11) is -1.18. The molecule has 0 bridgehead atoms. The number of carbonyl (C=O) groups is 2. The summed E-state index contributed by atoms with van der Waals surface area (Å²) in [6.07, 6.45) is 0. The zero-order valence-corrected chi connectivity index (χ0v) is 24.7. The summed E-state index contributed by atoms with van der Waals surface area (Å²) in [5, 5.41) is 3.13. The minimum absolute atomic E-state index is 0.0339. The lowest BCUT2D eigenvalue weighted by molar-refractivity contribution is -0.139. The van der Waals surface area contributed by atoms with E-state index in [4.69, 9.17) is 21.1 Å². The number of carbonyl (C=O) groups excluding carboxylic acids is 2. The van der Waals surface area contributed by atoms with Crippen LogP contribution in [0.25, 0.3) is 0 Å². The molecule has 0 aromatic heterocycles. The van der Waals surface area contributed by atoms with Crippen molar-refractivity contribution in [3.05, 3.63) is 83.4 Å². The Morgan fingerprint density at radius 2 is 1.48 bits per heavy atom. The standard InChI is InChI=1S/C29H34ClN3O6S/c1-20(2)31-29(35)21(3)32(18-22-9-11-25(38-4)12-10-22)28(34)19-33(24-8-6-7-23(30)17-24)40(36,37)27-15-13-26(39-5)14-16-27/h6-17,20-21H,18-19H2,1-5H3,(H,31,35). The minimum Gasteiger partial charge on any atom is -0.497 e. The van der Waals surface area contributed by atoms with E-state index in [1.54, 1.807) is 56.5 Å². The molecule has 0 heterocycles. The second-order valence-corrected chi connectivity index (χ2v) is 11.7. The lowest BCUT2D eigenvalue weighted by atomic mass is 10.1. The smallest absolute Gasteiger partial charge is 0.264 e. The van der Waals surface area contributed by atoms with Crippen LogP contribution >= 0.6 is 11.6 Å². The third kappa shape index (κ3) is 7.67. The first-order valence-corrected chi connectivity index (χ1v) is 14.4. The summed E-state index contributed by atoms with van der Waals surface area (Å²) in [4.78, 5) is 28.2. The van der Waals surface area contributed by atoms with Crippen molar-refractivity contribution in [3.8, 4) is 11.5 Å². The number of ether oxygens (including phenoxy) is 2. The molecule has 0 aliphatic rings. The van der Waals surface area contributed by atoms with Gasteiger partial charge in [-0.2, -0.15) is 0 Å². The number of halogens is 1. The van der Waals surface area contributed by atoms with Gasteiger partial charge < -0.3 is 19.7 Å². The van der Waals surface area contributed by atoms with Crippen LogP contribution in [0, 0.1) is 0 Å².